The lowest BCUT2D eigenvalue weighted by Crippen LogP contribution is -2.19. The number of halogens is 2. The predicted octanol–water partition coefficient (Wildman–Crippen LogP) is 5.17. The Morgan fingerprint density at radius 1 is 1.20 bits per heavy atom. The number of fused-ring (bicyclic) bond motifs is 2. The number of ether oxygens (including phenoxy) is 2. The quantitative estimate of drug-likeness (QED) is 0.402. The van der Waals surface area contributed by atoms with Crippen molar-refractivity contribution in [3.63, 3.8) is 0 Å². The van der Waals surface area contributed by atoms with Gasteiger partial charge in [0, 0.05) is 29.4 Å². The van der Waals surface area contributed by atoms with E-state index in [1.165, 1.54) is 13.2 Å². The molecule has 0 saturated carbocycles. The number of rotatable bonds is 5. The number of benzene rings is 2. The number of aryl methyl sites for hydroxylation is 1. The summed E-state index contributed by atoms with van der Waals surface area (Å²) in [5.74, 6) is -1.34. The Bertz CT molecular complexity index is 1460. The molecule has 5 rings (SSSR count). The summed E-state index contributed by atoms with van der Waals surface area (Å²) in [5.41, 5.74) is 5.99. The van der Waals surface area contributed by atoms with Crippen molar-refractivity contribution < 1.29 is 23.0 Å². The van der Waals surface area contributed by atoms with Gasteiger partial charge in [0.25, 0.3) is 0 Å². The Balaban J connectivity index is 1.73. The minimum atomic E-state index is -0.886. The van der Waals surface area contributed by atoms with E-state index in [-0.39, 0.29) is 24.5 Å². The Morgan fingerprint density at radius 2 is 2.03 bits per heavy atom. The number of carbonyl (C=O) groups excluding carboxylic acids is 1. The lowest BCUT2D eigenvalue weighted by atomic mass is 9.90. The second-order valence-corrected chi connectivity index (χ2v) is 8.58. The number of pyridine rings is 1. The summed E-state index contributed by atoms with van der Waals surface area (Å²) in [6.07, 6.45) is 1.87. The van der Waals surface area contributed by atoms with Gasteiger partial charge in [-0.1, -0.05) is 18.2 Å². The lowest BCUT2D eigenvalue weighted by molar-refractivity contribution is -0.139. The smallest absolute Gasteiger partial charge is 0.310 e. The summed E-state index contributed by atoms with van der Waals surface area (Å²) in [5, 5.41) is 4.22. The van der Waals surface area contributed by atoms with Crippen molar-refractivity contribution >= 4 is 22.7 Å². The van der Waals surface area contributed by atoms with Gasteiger partial charge in [0.1, 0.15) is 18.0 Å². The average molecular weight is 478 g/mol. The fourth-order valence-electron chi connectivity index (χ4n) is 4.71. The lowest BCUT2D eigenvalue weighted by Gasteiger charge is -2.24. The molecular formula is C27H25F2N3O3. The van der Waals surface area contributed by atoms with Crippen LogP contribution in [0.25, 0.3) is 22.2 Å². The third kappa shape index (κ3) is 3.99. The van der Waals surface area contributed by atoms with E-state index in [2.05, 4.69) is 5.32 Å². The van der Waals surface area contributed by atoms with Crippen molar-refractivity contribution in [3.05, 3.63) is 76.6 Å². The van der Waals surface area contributed by atoms with Gasteiger partial charge >= 0.3 is 5.97 Å². The maximum absolute atomic E-state index is 14.4. The van der Waals surface area contributed by atoms with Gasteiger partial charge in [-0.2, -0.15) is 0 Å². The minimum absolute atomic E-state index is 0.0603. The van der Waals surface area contributed by atoms with E-state index in [0.29, 0.717) is 24.5 Å². The van der Waals surface area contributed by atoms with Crippen LogP contribution in [0.3, 0.4) is 0 Å². The first-order valence-corrected chi connectivity index (χ1v) is 11.4. The van der Waals surface area contributed by atoms with Crippen LogP contribution in [0.1, 0.15) is 22.4 Å². The van der Waals surface area contributed by atoms with Crippen LogP contribution in [0.4, 0.5) is 14.5 Å². The third-order valence-corrected chi connectivity index (χ3v) is 6.49. The Labute approximate surface area is 201 Å². The highest BCUT2D eigenvalue weighted by atomic mass is 19.2. The maximum Gasteiger partial charge on any atom is 0.310 e. The number of methoxy groups -OCH3 is 1. The summed E-state index contributed by atoms with van der Waals surface area (Å²) in [7, 11) is 1.36. The molecule has 0 bridgehead atoms. The van der Waals surface area contributed by atoms with Gasteiger partial charge in [0.05, 0.1) is 25.8 Å². The molecule has 4 aromatic rings. The molecule has 180 valence electrons. The number of nitrogens with one attached hydrogen (secondary N) is 1. The zero-order valence-corrected chi connectivity index (χ0v) is 19.7. The fourth-order valence-corrected chi connectivity index (χ4v) is 4.71. The number of carbonyl (C=O) groups is 1. The molecule has 1 aliphatic heterocycles. The molecule has 2 aromatic carbocycles. The normalized spacial score (nSPS) is 12.7. The fraction of sp³-hybridized carbons (Fsp3) is 0.259. The van der Waals surface area contributed by atoms with Crippen molar-refractivity contribution in [1.29, 1.82) is 0 Å². The zero-order valence-electron chi connectivity index (χ0n) is 19.7. The molecule has 1 N–H and O–H groups in total. The molecule has 0 radical (unpaired) electrons. The first-order chi connectivity index (χ1) is 16.9. The first-order valence-electron chi connectivity index (χ1n) is 11.4. The minimum Gasteiger partial charge on any atom is -0.490 e. The van der Waals surface area contributed by atoms with Crippen molar-refractivity contribution in [2.45, 2.75) is 26.8 Å². The van der Waals surface area contributed by atoms with E-state index in [1.807, 2.05) is 38.2 Å². The molecule has 8 heteroatoms. The topological polar surface area (TPSA) is 65.4 Å². The van der Waals surface area contributed by atoms with Gasteiger partial charge < -0.3 is 19.4 Å². The molecule has 0 spiro atoms. The Morgan fingerprint density at radius 3 is 2.83 bits per heavy atom. The van der Waals surface area contributed by atoms with E-state index in [4.69, 9.17) is 14.5 Å². The van der Waals surface area contributed by atoms with Gasteiger partial charge in [-0.3, -0.25) is 4.79 Å². The van der Waals surface area contributed by atoms with Crippen molar-refractivity contribution in [3.8, 4) is 16.9 Å². The van der Waals surface area contributed by atoms with Crippen LogP contribution in [0.5, 0.6) is 5.75 Å². The standard InChI is InChI=1S/C27H25F2N3O3/c1-15-18(7-8-22-26(15)30-10-12-35-22)24-19-9-11-32(14-17-5-4-6-21(28)25(17)29)27(19)31-16(2)20(24)13-23(33)34-3/h4-9,11,30H,10,12-14H2,1-3H3. The summed E-state index contributed by atoms with van der Waals surface area (Å²) in [6.45, 7) is 5.27. The molecule has 0 amide bonds. The van der Waals surface area contributed by atoms with E-state index in [0.717, 1.165) is 45.1 Å². The molecule has 0 atom stereocenters. The SMILES string of the molecule is COC(=O)Cc1c(C)nc2c(ccn2Cc2cccc(F)c2F)c1-c1ccc2c(c1C)NCCO2. The summed E-state index contributed by atoms with van der Waals surface area (Å²) >= 11 is 0. The highest BCUT2D eigenvalue weighted by Gasteiger charge is 2.23. The van der Waals surface area contributed by atoms with Gasteiger partial charge in [-0.25, -0.2) is 13.8 Å². The molecule has 0 aliphatic carbocycles. The largest absolute Gasteiger partial charge is 0.490 e. The van der Waals surface area contributed by atoms with Gasteiger partial charge in [-0.15, -0.1) is 0 Å². The number of hydrogen-bond donors (Lipinski definition) is 1. The van der Waals surface area contributed by atoms with Gasteiger partial charge in [0.15, 0.2) is 11.6 Å². The molecule has 35 heavy (non-hydrogen) atoms. The van der Waals surface area contributed by atoms with Crippen LogP contribution in [0.15, 0.2) is 42.6 Å². The molecule has 2 aromatic heterocycles. The molecule has 0 saturated heterocycles. The molecular weight excluding hydrogens is 452 g/mol. The van der Waals surface area contributed by atoms with Gasteiger partial charge in [-0.05, 0) is 54.3 Å². The van der Waals surface area contributed by atoms with E-state index in [1.54, 1.807) is 10.6 Å². The van der Waals surface area contributed by atoms with Crippen molar-refractivity contribution in [2.24, 2.45) is 0 Å². The number of nitrogens with zero attached hydrogens (tertiary/aromatic N) is 2. The van der Waals surface area contributed by atoms with Crippen LogP contribution in [-0.2, 0) is 22.5 Å². The molecule has 3 heterocycles. The monoisotopic (exact) mass is 477 g/mol. The molecule has 0 unspecified atom stereocenters. The highest BCUT2D eigenvalue weighted by Crippen LogP contribution is 2.42. The molecule has 0 fully saturated rings. The maximum atomic E-state index is 14.4. The summed E-state index contributed by atoms with van der Waals surface area (Å²) in [6, 6.07) is 9.96. The summed E-state index contributed by atoms with van der Waals surface area (Å²) in [4.78, 5) is 17.1. The average Bonchev–Trinajstić information content (AvgIpc) is 3.25. The molecule has 1 aliphatic rings. The van der Waals surface area contributed by atoms with Crippen LogP contribution >= 0.6 is 0 Å². The number of hydrogen-bond acceptors (Lipinski definition) is 5. The van der Waals surface area contributed by atoms with Crippen molar-refractivity contribution in [2.75, 3.05) is 25.6 Å². The summed E-state index contributed by atoms with van der Waals surface area (Å²) < 4.78 is 40.7. The van der Waals surface area contributed by atoms with Crippen LogP contribution in [0, 0.1) is 25.5 Å². The van der Waals surface area contributed by atoms with E-state index >= 15 is 0 Å². The Kier molecular flexibility index (Phi) is 5.88. The van der Waals surface area contributed by atoms with Crippen molar-refractivity contribution in [1.82, 2.24) is 9.55 Å². The van der Waals surface area contributed by atoms with Gasteiger partial charge in [0.2, 0.25) is 0 Å². The second-order valence-electron chi connectivity index (χ2n) is 8.58. The third-order valence-electron chi connectivity index (χ3n) is 6.49. The zero-order chi connectivity index (χ0) is 24.7. The van der Waals surface area contributed by atoms with Crippen LogP contribution in [0.2, 0.25) is 0 Å². The van der Waals surface area contributed by atoms with Crippen LogP contribution < -0.4 is 10.1 Å². The first kappa shape index (κ1) is 22.8. The number of esters is 1. The second kappa shape index (κ2) is 9.02. The number of anilines is 1. The van der Waals surface area contributed by atoms with E-state index in [9.17, 15) is 13.6 Å². The molecule has 6 nitrogen and oxygen atoms in total. The predicted molar refractivity (Wildman–Crippen MR) is 130 cm³/mol. The number of aromatic nitrogens is 2. The van der Waals surface area contributed by atoms with Crippen LogP contribution in [-0.4, -0.2) is 35.8 Å². The highest BCUT2D eigenvalue weighted by molar-refractivity contribution is 5.99. The Hall–Kier alpha value is -3.94. The van der Waals surface area contributed by atoms with E-state index < -0.39 is 11.6 Å².